The average molecular weight is 253 g/mol. The van der Waals surface area contributed by atoms with E-state index in [0.29, 0.717) is 32.2 Å². The van der Waals surface area contributed by atoms with Crippen LogP contribution in [-0.4, -0.2) is 55.5 Å². The first kappa shape index (κ1) is 12.7. The van der Waals surface area contributed by atoms with Crippen LogP contribution >= 0.6 is 0 Å². The van der Waals surface area contributed by atoms with Gasteiger partial charge in [0, 0.05) is 12.7 Å². The molecule has 1 aliphatic rings. The number of anilines is 1. The second-order valence-corrected chi connectivity index (χ2v) is 3.71. The number of nitrogens with zero attached hydrogens (tertiary/aromatic N) is 2. The molecular weight excluding hydrogens is 238 g/mol. The topological polar surface area (TPSA) is 82.6 Å². The summed E-state index contributed by atoms with van der Waals surface area (Å²) in [5.41, 5.74) is 0. The fourth-order valence-corrected chi connectivity index (χ4v) is 1.52. The van der Waals surface area contributed by atoms with Crippen LogP contribution in [0.2, 0.25) is 0 Å². The van der Waals surface area contributed by atoms with Crippen LogP contribution in [0, 0.1) is 0 Å². The minimum Gasteiger partial charge on any atom is -0.463 e. The molecule has 1 fully saturated rings. The van der Waals surface area contributed by atoms with E-state index < -0.39 is 5.97 Å². The van der Waals surface area contributed by atoms with Crippen molar-refractivity contribution in [1.29, 1.82) is 0 Å². The minimum atomic E-state index is -0.559. The molecule has 1 saturated heterocycles. The molecule has 1 aromatic heterocycles. The molecule has 7 nitrogen and oxygen atoms in total. The van der Waals surface area contributed by atoms with Crippen LogP contribution in [0.5, 0.6) is 0 Å². The molecule has 0 amide bonds. The highest BCUT2D eigenvalue weighted by Gasteiger charge is 2.15. The van der Waals surface area contributed by atoms with Gasteiger partial charge in [0.25, 0.3) is 0 Å². The van der Waals surface area contributed by atoms with Gasteiger partial charge in [-0.15, -0.1) is 0 Å². The first-order valence-electron chi connectivity index (χ1n) is 5.64. The van der Waals surface area contributed by atoms with Crippen molar-refractivity contribution in [2.24, 2.45) is 0 Å². The zero-order chi connectivity index (χ0) is 12.8. The zero-order valence-corrected chi connectivity index (χ0v) is 10.1. The Kier molecular flexibility index (Phi) is 4.43. The fourth-order valence-electron chi connectivity index (χ4n) is 1.52. The summed E-state index contributed by atoms with van der Waals surface area (Å²) in [6.07, 6.45) is 1.50. The van der Waals surface area contributed by atoms with Crippen LogP contribution in [0.4, 0.5) is 5.82 Å². The van der Waals surface area contributed by atoms with Gasteiger partial charge in [-0.2, -0.15) is 0 Å². The number of methoxy groups -OCH3 is 1. The lowest BCUT2D eigenvalue weighted by Gasteiger charge is -2.23. The molecule has 1 aromatic rings. The molecule has 0 aromatic carbocycles. The van der Waals surface area contributed by atoms with Crippen LogP contribution < -0.4 is 5.32 Å². The fraction of sp³-hybridized carbons (Fsp3) is 0.545. The largest absolute Gasteiger partial charge is 0.463 e. The number of carbonyl (C=O) groups excluding carboxylic acids is 1. The van der Waals surface area contributed by atoms with Crippen molar-refractivity contribution in [2.45, 2.75) is 6.10 Å². The molecule has 0 bridgehead atoms. The quantitative estimate of drug-likeness (QED) is 0.761. The Hall–Kier alpha value is -1.73. The molecule has 0 spiro atoms. The maximum absolute atomic E-state index is 11.3. The maximum atomic E-state index is 11.3. The summed E-state index contributed by atoms with van der Waals surface area (Å²) < 4.78 is 15.3. The number of nitrogens with one attached hydrogen (secondary N) is 1. The molecule has 18 heavy (non-hydrogen) atoms. The molecule has 0 saturated carbocycles. The van der Waals surface area contributed by atoms with E-state index in [-0.39, 0.29) is 11.9 Å². The predicted octanol–water partition coefficient (Wildman–Crippen LogP) is 0.0905. The summed E-state index contributed by atoms with van der Waals surface area (Å²) in [6, 6.07) is 1.68. The van der Waals surface area contributed by atoms with E-state index in [9.17, 15) is 4.79 Å². The van der Waals surface area contributed by atoms with Crippen molar-refractivity contribution in [1.82, 2.24) is 9.97 Å². The van der Waals surface area contributed by atoms with Gasteiger partial charge in [-0.3, -0.25) is 0 Å². The third-order valence-electron chi connectivity index (χ3n) is 2.42. The Bertz CT molecular complexity index is 407. The Morgan fingerprint density at radius 2 is 2.50 bits per heavy atom. The first-order chi connectivity index (χ1) is 8.79. The van der Waals surface area contributed by atoms with E-state index in [1.165, 1.54) is 13.3 Å². The van der Waals surface area contributed by atoms with E-state index in [2.05, 4.69) is 20.0 Å². The molecular formula is C11H15N3O4. The van der Waals surface area contributed by atoms with Crippen LogP contribution in [0.1, 0.15) is 10.6 Å². The van der Waals surface area contributed by atoms with Crippen LogP contribution in [0.3, 0.4) is 0 Å². The zero-order valence-electron chi connectivity index (χ0n) is 10.1. The van der Waals surface area contributed by atoms with Crippen LogP contribution in [0.25, 0.3) is 0 Å². The molecule has 0 radical (unpaired) electrons. The SMILES string of the molecule is COC(=O)c1nccc(NCC2COCCO2)n1. The molecule has 1 atom stereocenters. The van der Waals surface area contributed by atoms with Crippen molar-refractivity contribution in [2.75, 3.05) is 38.8 Å². The number of hydrogen-bond acceptors (Lipinski definition) is 7. The maximum Gasteiger partial charge on any atom is 0.376 e. The van der Waals surface area contributed by atoms with E-state index in [0.717, 1.165) is 0 Å². The summed E-state index contributed by atoms with van der Waals surface area (Å²) in [7, 11) is 1.29. The normalized spacial score (nSPS) is 19.3. The van der Waals surface area contributed by atoms with Gasteiger partial charge in [0.05, 0.1) is 33.0 Å². The highest BCUT2D eigenvalue weighted by atomic mass is 16.6. The Balaban J connectivity index is 1.90. The first-order valence-corrected chi connectivity index (χ1v) is 5.64. The van der Waals surface area contributed by atoms with Gasteiger partial charge in [0.1, 0.15) is 5.82 Å². The van der Waals surface area contributed by atoms with Gasteiger partial charge >= 0.3 is 5.97 Å². The van der Waals surface area contributed by atoms with E-state index in [4.69, 9.17) is 9.47 Å². The third kappa shape index (κ3) is 3.38. The summed E-state index contributed by atoms with van der Waals surface area (Å²) in [5, 5.41) is 3.07. The predicted molar refractivity (Wildman–Crippen MR) is 62.4 cm³/mol. The van der Waals surface area contributed by atoms with Crippen molar-refractivity contribution in [3.8, 4) is 0 Å². The second kappa shape index (κ2) is 6.27. The lowest BCUT2D eigenvalue weighted by atomic mass is 10.3. The Labute approximate surface area is 104 Å². The molecule has 1 unspecified atom stereocenters. The van der Waals surface area contributed by atoms with Crippen LogP contribution in [0.15, 0.2) is 12.3 Å². The summed E-state index contributed by atoms with van der Waals surface area (Å²) >= 11 is 0. The van der Waals surface area contributed by atoms with Gasteiger partial charge in [0.15, 0.2) is 0 Å². The van der Waals surface area contributed by atoms with Crippen molar-refractivity contribution in [3.05, 3.63) is 18.1 Å². The molecule has 2 heterocycles. The number of ether oxygens (including phenoxy) is 3. The lowest BCUT2D eigenvalue weighted by molar-refractivity contribution is -0.0819. The van der Waals surface area contributed by atoms with E-state index in [1.54, 1.807) is 6.07 Å². The minimum absolute atomic E-state index is 0.00436. The summed E-state index contributed by atoms with van der Waals surface area (Å²) in [6.45, 7) is 2.36. The lowest BCUT2D eigenvalue weighted by Crippen LogP contribution is -2.34. The number of rotatable bonds is 4. The molecule has 98 valence electrons. The standard InChI is InChI=1S/C11H15N3O4/c1-16-11(15)10-12-3-2-9(14-10)13-6-8-7-17-4-5-18-8/h2-3,8H,4-7H2,1H3,(H,12,13,14). The summed E-state index contributed by atoms with van der Waals surface area (Å²) in [5.74, 6) is 0.0267. The Morgan fingerprint density at radius 3 is 3.22 bits per heavy atom. The number of hydrogen-bond donors (Lipinski definition) is 1. The highest BCUT2D eigenvalue weighted by molar-refractivity contribution is 5.85. The number of esters is 1. The van der Waals surface area contributed by atoms with Gasteiger partial charge in [-0.05, 0) is 6.07 Å². The van der Waals surface area contributed by atoms with Crippen molar-refractivity contribution < 1.29 is 19.0 Å². The average Bonchev–Trinajstić information content (AvgIpc) is 2.45. The van der Waals surface area contributed by atoms with Gasteiger partial charge < -0.3 is 19.5 Å². The molecule has 1 N–H and O–H groups in total. The second-order valence-electron chi connectivity index (χ2n) is 3.71. The van der Waals surface area contributed by atoms with E-state index in [1.807, 2.05) is 0 Å². The highest BCUT2D eigenvalue weighted by Crippen LogP contribution is 2.06. The molecule has 7 heteroatoms. The number of carbonyl (C=O) groups is 1. The van der Waals surface area contributed by atoms with Crippen molar-refractivity contribution >= 4 is 11.8 Å². The van der Waals surface area contributed by atoms with Gasteiger partial charge in [-0.1, -0.05) is 0 Å². The van der Waals surface area contributed by atoms with Crippen LogP contribution in [-0.2, 0) is 14.2 Å². The summed E-state index contributed by atoms with van der Waals surface area (Å²) in [4.78, 5) is 19.1. The van der Waals surface area contributed by atoms with E-state index >= 15 is 0 Å². The van der Waals surface area contributed by atoms with Gasteiger partial charge in [-0.25, -0.2) is 14.8 Å². The van der Waals surface area contributed by atoms with Gasteiger partial charge in [0.2, 0.25) is 5.82 Å². The molecule has 1 aliphatic heterocycles. The smallest absolute Gasteiger partial charge is 0.376 e. The monoisotopic (exact) mass is 253 g/mol. The molecule has 2 rings (SSSR count). The van der Waals surface area contributed by atoms with Crippen molar-refractivity contribution in [3.63, 3.8) is 0 Å². The third-order valence-corrected chi connectivity index (χ3v) is 2.42. The number of aromatic nitrogens is 2. The molecule has 0 aliphatic carbocycles. The Morgan fingerprint density at radius 1 is 1.61 bits per heavy atom.